The Morgan fingerprint density at radius 1 is 1.37 bits per heavy atom. The van der Waals surface area contributed by atoms with Gasteiger partial charge in [-0.15, -0.1) is 11.3 Å². The Bertz CT molecular complexity index is 592. The Morgan fingerprint density at radius 2 is 2.16 bits per heavy atom. The molecular formula is C14H17N3OS. The maximum absolute atomic E-state index is 12.1. The summed E-state index contributed by atoms with van der Waals surface area (Å²) in [5.74, 6) is -0.125. The summed E-state index contributed by atoms with van der Waals surface area (Å²) < 4.78 is 0. The van der Waals surface area contributed by atoms with Gasteiger partial charge in [0.2, 0.25) is 0 Å². The maximum Gasteiger partial charge on any atom is 0.257 e. The van der Waals surface area contributed by atoms with Crippen LogP contribution in [-0.4, -0.2) is 17.4 Å². The molecule has 4 nitrogen and oxygen atoms in total. The van der Waals surface area contributed by atoms with E-state index in [1.165, 1.54) is 11.3 Å². The number of thiazole rings is 1. The number of carbonyl (C=O) groups excluding carboxylic acids is 1. The van der Waals surface area contributed by atoms with E-state index in [4.69, 9.17) is 0 Å². The first-order chi connectivity index (χ1) is 9.10. The number of aromatic nitrogens is 1. The molecule has 0 aliphatic carbocycles. The molecule has 5 heteroatoms. The fourth-order valence-corrected chi connectivity index (χ4v) is 2.46. The minimum Gasteiger partial charge on any atom is -0.385 e. The van der Waals surface area contributed by atoms with Crippen molar-refractivity contribution in [3.63, 3.8) is 0 Å². The number of aryl methyl sites for hydroxylation is 2. The minimum absolute atomic E-state index is 0.125. The topological polar surface area (TPSA) is 54.0 Å². The van der Waals surface area contributed by atoms with Gasteiger partial charge in [0.1, 0.15) is 0 Å². The lowest BCUT2D eigenvalue weighted by Gasteiger charge is -2.09. The number of hydrogen-bond acceptors (Lipinski definition) is 4. The Hall–Kier alpha value is -1.88. The Kier molecular flexibility index (Phi) is 4.16. The molecule has 19 heavy (non-hydrogen) atoms. The van der Waals surface area contributed by atoms with E-state index >= 15 is 0 Å². The highest BCUT2D eigenvalue weighted by Crippen LogP contribution is 2.19. The Labute approximate surface area is 116 Å². The van der Waals surface area contributed by atoms with Crippen LogP contribution in [0.4, 0.5) is 10.8 Å². The zero-order valence-electron chi connectivity index (χ0n) is 11.3. The normalized spacial score (nSPS) is 10.3. The molecule has 0 bridgehead atoms. The Morgan fingerprint density at radius 3 is 2.74 bits per heavy atom. The summed E-state index contributed by atoms with van der Waals surface area (Å²) in [6.45, 7) is 6.81. The number of nitrogens with one attached hydrogen (secondary N) is 2. The lowest BCUT2D eigenvalue weighted by molar-refractivity contribution is 0.102. The summed E-state index contributed by atoms with van der Waals surface area (Å²) in [5.41, 5.74) is 3.68. The van der Waals surface area contributed by atoms with Crippen molar-refractivity contribution < 1.29 is 4.79 Å². The van der Waals surface area contributed by atoms with Crippen LogP contribution in [0.1, 0.15) is 28.5 Å². The third-order valence-electron chi connectivity index (χ3n) is 2.70. The van der Waals surface area contributed by atoms with Crippen molar-refractivity contribution in [3.8, 4) is 0 Å². The van der Waals surface area contributed by atoms with Crippen LogP contribution in [0.3, 0.4) is 0 Å². The molecule has 1 amide bonds. The van der Waals surface area contributed by atoms with E-state index in [1.54, 1.807) is 0 Å². The van der Waals surface area contributed by atoms with E-state index in [1.807, 2.05) is 44.4 Å². The highest BCUT2D eigenvalue weighted by Gasteiger charge is 2.09. The molecule has 1 aromatic heterocycles. The molecule has 0 aliphatic heterocycles. The molecule has 0 unspecified atom stereocenters. The maximum atomic E-state index is 12.1. The van der Waals surface area contributed by atoms with E-state index in [2.05, 4.69) is 15.6 Å². The second-order valence-electron chi connectivity index (χ2n) is 4.31. The van der Waals surface area contributed by atoms with E-state index in [0.717, 1.165) is 23.5 Å². The summed E-state index contributed by atoms with van der Waals surface area (Å²) in [7, 11) is 0. The molecule has 0 saturated carbocycles. The lowest BCUT2D eigenvalue weighted by atomic mass is 10.1. The minimum atomic E-state index is -0.125. The SMILES string of the molecule is CCNc1ccc(C(=O)Nc2nc(C)cs2)cc1C. The standard InChI is InChI=1S/C14H17N3OS/c1-4-15-12-6-5-11(7-9(12)2)13(18)17-14-16-10(3)8-19-14/h5-8,15H,4H2,1-3H3,(H,16,17,18). The van der Waals surface area contributed by atoms with Gasteiger partial charge in [0.05, 0.1) is 5.69 Å². The zero-order chi connectivity index (χ0) is 13.8. The lowest BCUT2D eigenvalue weighted by Crippen LogP contribution is -2.12. The molecule has 1 aromatic carbocycles. The van der Waals surface area contributed by atoms with E-state index in [9.17, 15) is 4.79 Å². The second-order valence-corrected chi connectivity index (χ2v) is 5.17. The summed E-state index contributed by atoms with van der Waals surface area (Å²) in [6, 6.07) is 5.63. The molecule has 0 atom stereocenters. The number of anilines is 2. The number of nitrogens with zero attached hydrogens (tertiary/aromatic N) is 1. The van der Waals surface area contributed by atoms with Crippen LogP contribution >= 0.6 is 11.3 Å². The smallest absolute Gasteiger partial charge is 0.257 e. The zero-order valence-corrected chi connectivity index (χ0v) is 12.1. The molecule has 0 spiro atoms. The molecular weight excluding hydrogens is 258 g/mol. The van der Waals surface area contributed by atoms with Gasteiger partial charge in [0, 0.05) is 23.2 Å². The first-order valence-corrected chi connectivity index (χ1v) is 7.06. The van der Waals surface area contributed by atoms with E-state index in [-0.39, 0.29) is 5.91 Å². The Balaban J connectivity index is 2.13. The predicted octanol–water partition coefficient (Wildman–Crippen LogP) is 3.44. The van der Waals surface area contributed by atoms with Gasteiger partial charge in [-0.05, 0) is 44.5 Å². The van der Waals surface area contributed by atoms with Crippen LogP contribution in [0.15, 0.2) is 23.6 Å². The van der Waals surface area contributed by atoms with Gasteiger partial charge in [-0.2, -0.15) is 0 Å². The van der Waals surface area contributed by atoms with Crippen LogP contribution in [0.5, 0.6) is 0 Å². The van der Waals surface area contributed by atoms with Crippen LogP contribution in [0.25, 0.3) is 0 Å². The summed E-state index contributed by atoms with van der Waals surface area (Å²) in [6.07, 6.45) is 0. The highest BCUT2D eigenvalue weighted by molar-refractivity contribution is 7.13. The van der Waals surface area contributed by atoms with Gasteiger partial charge in [-0.3, -0.25) is 10.1 Å². The van der Waals surface area contributed by atoms with Gasteiger partial charge in [-0.1, -0.05) is 0 Å². The average Bonchev–Trinajstić information content (AvgIpc) is 2.77. The quantitative estimate of drug-likeness (QED) is 0.898. The largest absolute Gasteiger partial charge is 0.385 e. The second kappa shape index (κ2) is 5.84. The van der Waals surface area contributed by atoms with Crippen molar-refractivity contribution in [2.45, 2.75) is 20.8 Å². The molecule has 100 valence electrons. The fraction of sp³-hybridized carbons (Fsp3) is 0.286. The van der Waals surface area contributed by atoms with Crippen LogP contribution in [0, 0.1) is 13.8 Å². The molecule has 1 heterocycles. The fourth-order valence-electron chi connectivity index (χ4n) is 1.77. The molecule has 0 radical (unpaired) electrons. The number of amides is 1. The molecule has 2 aromatic rings. The summed E-state index contributed by atoms with van der Waals surface area (Å²) in [4.78, 5) is 16.3. The van der Waals surface area contributed by atoms with Crippen LogP contribution in [0.2, 0.25) is 0 Å². The first-order valence-electron chi connectivity index (χ1n) is 6.18. The molecule has 0 fully saturated rings. The summed E-state index contributed by atoms with van der Waals surface area (Å²) in [5, 5.41) is 8.61. The van der Waals surface area contributed by atoms with Crippen molar-refractivity contribution >= 4 is 28.1 Å². The molecule has 2 N–H and O–H groups in total. The first kappa shape index (κ1) is 13.5. The third kappa shape index (κ3) is 3.32. The van der Waals surface area contributed by atoms with Crippen LogP contribution < -0.4 is 10.6 Å². The van der Waals surface area contributed by atoms with Gasteiger partial charge in [0.15, 0.2) is 5.13 Å². The van der Waals surface area contributed by atoms with Crippen LogP contribution in [-0.2, 0) is 0 Å². The van der Waals surface area contributed by atoms with Gasteiger partial charge < -0.3 is 5.32 Å². The van der Waals surface area contributed by atoms with E-state index < -0.39 is 0 Å². The van der Waals surface area contributed by atoms with Gasteiger partial charge in [0.25, 0.3) is 5.91 Å². The van der Waals surface area contributed by atoms with Crippen molar-refractivity contribution in [2.75, 3.05) is 17.2 Å². The van der Waals surface area contributed by atoms with Gasteiger partial charge in [-0.25, -0.2) is 4.98 Å². The highest BCUT2D eigenvalue weighted by atomic mass is 32.1. The number of rotatable bonds is 4. The molecule has 0 saturated heterocycles. The predicted molar refractivity (Wildman–Crippen MR) is 80.1 cm³/mol. The summed E-state index contributed by atoms with van der Waals surface area (Å²) >= 11 is 1.43. The monoisotopic (exact) mass is 275 g/mol. The van der Waals surface area contributed by atoms with Crippen molar-refractivity contribution in [3.05, 3.63) is 40.4 Å². The molecule has 2 rings (SSSR count). The average molecular weight is 275 g/mol. The van der Waals surface area contributed by atoms with E-state index in [0.29, 0.717) is 10.7 Å². The van der Waals surface area contributed by atoms with Crippen molar-refractivity contribution in [2.24, 2.45) is 0 Å². The van der Waals surface area contributed by atoms with Crippen molar-refractivity contribution in [1.82, 2.24) is 4.98 Å². The van der Waals surface area contributed by atoms with Gasteiger partial charge >= 0.3 is 0 Å². The number of carbonyl (C=O) groups is 1. The molecule has 0 aliphatic rings. The number of hydrogen-bond donors (Lipinski definition) is 2. The van der Waals surface area contributed by atoms with Crippen molar-refractivity contribution in [1.29, 1.82) is 0 Å². The third-order valence-corrected chi connectivity index (χ3v) is 3.57. The number of benzene rings is 1.